The van der Waals surface area contributed by atoms with Crippen molar-refractivity contribution in [3.63, 3.8) is 0 Å². The summed E-state index contributed by atoms with van der Waals surface area (Å²) in [7, 11) is -4.00. The van der Waals surface area contributed by atoms with Crippen LogP contribution in [0.5, 0.6) is 0 Å². The van der Waals surface area contributed by atoms with Crippen LogP contribution in [0.25, 0.3) is 0 Å². The Morgan fingerprint density at radius 3 is 2.57 bits per heavy atom. The predicted molar refractivity (Wildman–Crippen MR) is 87.7 cm³/mol. The Morgan fingerprint density at radius 1 is 1.26 bits per heavy atom. The molecule has 2 heterocycles. The molecule has 0 radical (unpaired) electrons. The van der Waals surface area contributed by atoms with E-state index in [1.807, 2.05) is 0 Å². The number of aryl methyl sites for hydroxylation is 2. The summed E-state index contributed by atoms with van der Waals surface area (Å²) >= 11 is 0. The fourth-order valence-electron chi connectivity index (χ4n) is 3.48. The molecule has 2 rings (SSSR count). The van der Waals surface area contributed by atoms with E-state index in [0.717, 1.165) is 25.7 Å². The van der Waals surface area contributed by atoms with E-state index in [1.165, 1.54) is 13.3 Å². The van der Waals surface area contributed by atoms with Crippen molar-refractivity contribution in [1.82, 2.24) is 4.90 Å². The lowest BCUT2D eigenvalue weighted by Crippen LogP contribution is -2.33. The van der Waals surface area contributed by atoms with Crippen LogP contribution in [-0.4, -0.2) is 32.3 Å². The third-order valence-electron chi connectivity index (χ3n) is 4.54. The first kappa shape index (κ1) is 18.0. The lowest BCUT2D eigenvalue weighted by Gasteiger charge is -2.21. The highest BCUT2D eigenvalue weighted by Gasteiger charge is 2.32. The van der Waals surface area contributed by atoms with Gasteiger partial charge in [-0.1, -0.05) is 19.8 Å². The molecule has 1 fully saturated rings. The van der Waals surface area contributed by atoms with Crippen LogP contribution < -0.4 is 5.14 Å². The first-order valence-electron chi connectivity index (χ1n) is 8.17. The van der Waals surface area contributed by atoms with Gasteiger partial charge in [0.25, 0.3) is 5.91 Å². The molecule has 1 amide bonds. The smallest absolute Gasteiger partial charge is 0.258 e. The number of nitrogens with two attached hydrogens (primary N) is 1. The van der Waals surface area contributed by atoms with Crippen LogP contribution >= 0.6 is 0 Å². The molecule has 1 aliphatic rings. The minimum absolute atomic E-state index is 0.0962. The second kappa shape index (κ2) is 7.05. The van der Waals surface area contributed by atoms with Gasteiger partial charge in [-0.05, 0) is 39.0 Å². The molecule has 0 saturated carbocycles. The third kappa shape index (κ3) is 3.95. The highest BCUT2D eigenvalue weighted by Crippen LogP contribution is 2.29. The summed E-state index contributed by atoms with van der Waals surface area (Å²) in [5.41, 5.74) is 0.0962. The van der Waals surface area contributed by atoms with Crippen LogP contribution in [0.2, 0.25) is 0 Å². The first-order valence-corrected chi connectivity index (χ1v) is 9.72. The van der Waals surface area contributed by atoms with E-state index in [0.29, 0.717) is 24.8 Å². The molecule has 0 aromatic carbocycles. The molecule has 1 aliphatic heterocycles. The molecular formula is C16H26N2O4S. The normalized spacial score (nSPS) is 19.7. The van der Waals surface area contributed by atoms with Gasteiger partial charge in [0, 0.05) is 13.1 Å². The molecule has 0 unspecified atom stereocenters. The number of furan rings is 1. The van der Waals surface area contributed by atoms with E-state index in [2.05, 4.69) is 6.92 Å². The van der Waals surface area contributed by atoms with Crippen molar-refractivity contribution in [3.8, 4) is 0 Å². The van der Waals surface area contributed by atoms with Gasteiger partial charge < -0.3 is 9.32 Å². The topological polar surface area (TPSA) is 93.6 Å². The van der Waals surface area contributed by atoms with Crippen LogP contribution in [0.3, 0.4) is 0 Å². The van der Waals surface area contributed by atoms with E-state index < -0.39 is 10.0 Å². The average molecular weight is 342 g/mol. The minimum Gasteiger partial charge on any atom is -0.464 e. The van der Waals surface area contributed by atoms with Gasteiger partial charge in [-0.3, -0.25) is 4.79 Å². The lowest BCUT2D eigenvalue weighted by molar-refractivity contribution is 0.0754. The number of carbonyl (C=O) groups excluding carboxylic acids is 1. The number of hydrogen-bond acceptors (Lipinski definition) is 4. The quantitative estimate of drug-likeness (QED) is 0.910. The third-order valence-corrected chi connectivity index (χ3v) is 5.60. The van der Waals surface area contributed by atoms with E-state index in [-0.39, 0.29) is 22.1 Å². The molecule has 1 aromatic heterocycles. The summed E-state index contributed by atoms with van der Waals surface area (Å²) in [5, 5.41) is 5.27. The number of primary sulfonamides is 1. The average Bonchev–Trinajstić information content (AvgIpc) is 2.61. The minimum atomic E-state index is -4.00. The summed E-state index contributed by atoms with van der Waals surface area (Å²) in [6.45, 7) is 6.59. The van der Waals surface area contributed by atoms with E-state index in [1.54, 1.807) is 11.8 Å². The van der Waals surface area contributed by atoms with Gasteiger partial charge in [0.1, 0.15) is 22.0 Å². The zero-order valence-corrected chi connectivity index (χ0v) is 14.9. The summed E-state index contributed by atoms with van der Waals surface area (Å²) in [6, 6.07) is 0. The number of rotatable bonds is 4. The Kier molecular flexibility index (Phi) is 5.52. The Balaban J connectivity index is 2.28. The number of hydrogen-bond donors (Lipinski definition) is 1. The maximum absolute atomic E-state index is 12.9. The zero-order valence-electron chi connectivity index (χ0n) is 14.1. The first-order chi connectivity index (χ1) is 10.8. The van der Waals surface area contributed by atoms with Crippen LogP contribution in [-0.2, 0) is 10.0 Å². The second-order valence-electron chi connectivity index (χ2n) is 6.34. The molecule has 1 atom stereocenters. The van der Waals surface area contributed by atoms with Crippen molar-refractivity contribution in [2.45, 2.75) is 57.8 Å². The van der Waals surface area contributed by atoms with E-state index >= 15 is 0 Å². The highest BCUT2D eigenvalue weighted by molar-refractivity contribution is 7.89. The SMILES string of the molecule is CCC[C@H]1CCCN(C(=O)c2c(C)oc(C)c2S(N)(=O)=O)CC1. The van der Waals surface area contributed by atoms with Crippen LogP contribution in [0.15, 0.2) is 9.31 Å². The lowest BCUT2D eigenvalue weighted by atomic mass is 9.96. The van der Waals surface area contributed by atoms with E-state index in [9.17, 15) is 13.2 Å². The van der Waals surface area contributed by atoms with Gasteiger partial charge >= 0.3 is 0 Å². The van der Waals surface area contributed by atoms with Gasteiger partial charge in [0.15, 0.2) is 0 Å². The molecule has 2 N–H and O–H groups in total. The number of nitrogens with zero attached hydrogens (tertiary/aromatic N) is 1. The van der Waals surface area contributed by atoms with E-state index in [4.69, 9.17) is 9.56 Å². The molecule has 1 aromatic rings. The predicted octanol–water partition coefficient (Wildman–Crippen LogP) is 2.59. The Hall–Kier alpha value is -1.34. The van der Waals surface area contributed by atoms with Crippen LogP contribution in [0.1, 0.15) is 60.9 Å². The van der Waals surface area contributed by atoms with Gasteiger partial charge in [-0.25, -0.2) is 13.6 Å². The summed E-state index contributed by atoms with van der Waals surface area (Å²) in [5.74, 6) is 0.834. The van der Waals surface area contributed by atoms with Crippen molar-refractivity contribution in [2.75, 3.05) is 13.1 Å². The number of likely N-dealkylation sites (tertiary alicyclic amines) is 1. The van der Waals surface area contributed by atoms with Gasteiger partial charge in [0.05, 0.1) is 0 Å². The van der Waals surface area contributed by atoms with Crippen LogP contribution in [0.4, 0.5) is 0 Å². The van der Waals surface area contributed by atoms with Crippen molar-refractivity contribution in [3.05, 3.63) is 17.1 Å². The Labute approximate surface area is 138 Å². The molecule has 1 saturated heterocycles. The fraction of sp³-hybridized carbons (Fsp3) is 0.688. The monoisotopic (exact) mass is 342 g/mol. The molecule has 6 nitrogen and oxygen atoms in total. The molecule has 0 bridgehead atoms. The van der Waals surface area contributed by atoms with Crippen molar-refractivity contribution in [1.29, 1.82) is 0 Å². The van der Waals surface area contributed by atoms with Crippen molar-refractivity contribution >= 4 is 15.9 Å². The second-order valence-corrected chi connectivity index (χ2v) is 7.84. The summed E-state index contributed by atoms with van der Waals surface area (Å²) in [6.07, 6.45) is 5.34. The van der Waals surface area contributed by atoms with Crippen LogP contribution in [0, 0.1) is 19.8 Å². The summed E-state index contributed by atoms with van der Waals surface area (Å²) in [4.78, 5) is 14.4. The molecule has 130 valence electrons. The van der Waals surface area contributed by atoms with Gasteiger partial charge in [-0.15, -0.1) is 0 Å². The maximum atomic E-state index is 12.9. The zero-order chi connectivity index (χ0) is 17.2. The molecule has 7 heteroatoms. The highest BCUT2D eigenvalue weighted by atomic mass is 32.2. The van der Waals surface area contributed by atoms with Crippen molar-refractivity contribution < 1.29 is 17.6 Å². The van der Waals surface area contributed by atoms with Crippen molar-refractivity contribution in [2.24, 2.45) is 11.1 Å². The number of amides is 1. The number of carbonyl (C=O) groups is 1. The fourth-order valence-corrected chi connectivity index (χ4v) is 4.43. The largest absolute Gasteiger partial charge is 0.464 e. The maximum Gasteiger partial charge on any atom is 0.258 e. The Morgan fingerprint density at radius 2 is 1.96 bits per heavy atom. The molecule has 0 spiro atoms. The standard InChI is InChI=1S/C16H26N2O4S/c1-4-6-13-7-5-9-18(10-8-13)16(19)14-11(2)22-12(3)15(14)23(17,20)21/h13H,4-10H2,1-3H3,(H2,17,20,21)/t13-/m0/s1. The Bertz CT molecular complexity index is 678. The van der Waals surface area contributed by atoms with Gasteiger partial charge in [0.2, 0.25) is 10.0 Å². The molecule has 0 aliphatic carbocycles. The number of sulfonamides is 1. The molecular weight excluding hydrogens is 316 g/mol. The van der Waals surface area contributed by atoms with Gasteiger partial charge in [-0.2, -0.15) is 0 Å². The molecule has 23 heavy (non-hydrogen) atoms. The summed E-state index contributed by atoms with van der Waals surface area (Å²) < 4.78 is 29.0.